The molecule has 1 amide bonds. The van der Waals surface area contributed by atoms with Crippen molar-refractivity contribution in [2.75, 3.05) is 5.32 Å². The summed E-state index contributed by atoms with van der Waals surface area (Å²) in [6, 6.07) is 1.19. The molecule has 1 aromatic rings. The molecule has 0 bridgehead atoms. The number of amides is 1. The van der Waals surface area contributed by atoms with Gasteiger partial charge >= 0.3 is 12.3 Å². The molecule has 1 unspecified atom stereocenters. The number of pyridine rings is 1. The molecule has 2 heterocycles. The summed E-state index contributed by atoms with van der Waals surface area (Å²) in [7, 11) is 0. The summed E-state index contributed by atoms with van der Waals surface area (Å²) in [5, 5.41) is 1.89. The molecule has 1 aromatic heterocycles. The van der Waals surface area contributed by atoms with E-state index in [1.807, 2.05) is 5.32 Å². The highest BCUT2D eigenvalue weighted by Gasteiger charge is 2.48. The number of cyclic esters (lactones) is 1. The molecule has 0 saturated carbocycles. The van der Waals surface area contributed by atoms with Crippen LogP contribution in [0.3, 0.4) is 0 Å². The number of hydrogen-bond acceptors (Lipinski definition) is 3. The minimum absolute atomic E-state index is 0.160. The summed E-state index contributed by atoms with van der Waals surface area (Å²) in [4.78, 5) is 14.5. The second-order valence-electron chi connectivity index (χ2n) is 3.01. The van der Waals surface area contributed by atoms with Gasteiger partial charge in [0.15, 0.2) is 0 Å². The lowest BCUT2D eigenvalue weighted by Crippen LogP contribution is -2.34. The molecule has 4 nitrogen and oxygen atoms in total. The third kappa shape index (κ3) is 1.78. The minimum Gasteiger partial charge on any atom is -0.431 e. The molecule has 1 N–H and O–H groups in total. The van der Waals surface area contributed by atoms with Crippen LogP contribution < -0.4 is 5.32 Å². The van der Waals surface area contributed by atoms with E-state index < -0.39 is 18.4 Å². The summed E-state index contributed by atoms with van der Waals surface area (Å²) >= 11 is 5.62. The summed E-state index contributed by atoms with van der Waals surface area (Å²) in [6.07, 6.45) is -7.11. The van der Waals surface area contributed by atoms with Crippen LogP contribution in [-0.4, -0.2) is 17.3 Å². The van der Waals surface area contributed by atoms with Crippen LogP contribution in [0.4, 0.5) is 23.8 Å². The van der Waals surface area contributed by atoms with E-state index in [-0.39, 0.29) is 16.4 Å². The van der Waals surface area contributed by atoms with Gasteiger partial charge in [0.25, 0.3) is 0 Å². The van der Waals surface area contributed by atoms with E-state index in [9.17, 15) is 18.0 Å². The molecule has 0 spiro atoms. The van der Waals surface area contributed by atoms with E-state index in [1.165, 1.54) is 12.3 Å². The Balaban J connectivity index is 2.56. The third-order valence-corrected chi connectivity index (χ3v) is 2.27. The molecule has 0 aromatic carbocycles. The van der Waals surface area contributed by atoms with Crippen molar-refractivity contribution in [3.8, 4) is 0 Å². The maximum atomic E-state index is 12.6. The fourth-order valence-electron chi connectivity index (χ4n) is 1.32. The van der Waals surface area contributed by atoms with Gasteiger partial charge in [-0.05, 0) is 6.07 Å². The van der Waals surface area contributed by atoms with Gasteiger partial charge in [-0.2, -0.15) is 13.2 Å². The first-order valence-electron chi connectivity index (χ1n) is 4.08. The van der Waals surface area contributed by atoms with Crippen molar-refractivity contribution in [1.82, 2.24) is 4.98 Å². The van der Waals surface area contributed by atoms with Gasteiger partial charge in [0.1, 0.15) is 5.82 Å². The van der Waals surface area contributed by atoms with E-state index >= 15 is 0 Å². The number of fused-ring (bicyclic) bond motifs is 1. The largest absolute Gasteiger partial charge is 0.431 e. The summed E-state index contributed by atoms with van der Waals surface area (Å²) in [5.74, 6) is -0.230. The zero-order chi connectivity index (χ0) is 11.9. The molecule has 0 saturated heterocycles. The Morgan fingerprint density at radius 3 is 2.81 bits per heavy atom. The van der Waals surface area contributed by atoms with Crippen LogP contribution in [0, 0.1) is 0 Å². The maximum Gasteiger partial charge on any atom is 0.430 e. The van der Waals surface area contributed by atoms with Crippen LogP contribution in [0.25, 0.3) is 0 Å². The van der Waals surface area contributed by atoms with Crippen molar-refractivity contribution in [2.24, 2.45) is 0 Å². The zero-order valence-electron chi connectivity index (χ0n) is 7.51. The molecular weight excluding hydrogens is 249 g/mol. The van der Waals surface area contributed by atoms with Gasteiger partial charge in [0.05, 0.1) is 10.6 Å². The molecule has 1 aliphatic rings. The Labute approximate surface area is 92.4 Å². The predicted molar refractivity (Wildman–Crippen MR) is 48.1 cm³/mol. The van der Waals surface area contributed by atoms with Gasteiger partial charge in [-0.25, -0.2) is 9.78 Å². The molecule has 8 heteroatoms. The van der Waals surface area contributed by atoms with Crippen LogP contribution in [0.2, 0.25) is 5.02 Å². The maximum absolute atomic E-state index is 12.6. The Morgan fingerprint density at radius 1 is 1.50 bits per heavy atom. The first kappa shape index (κ1) is 11.0. The lowest BCUT2D eigenvalue weighted by atomic mass is 10.1. The van der Waals surface area contributed by atoms with Crippen molar-refractivity contribution in [3.63, 3.8) is 0 Å². The van der Waals surface area contributed by atoms with Crippen molar-refractivity contribution in [1.29, 1.82) is 0 Å². The SMILES string of the molecule is O=C1Nc2nccc(Cl)c2C(C(F)(F)F)O1. The Kier molecular flexibility index (Phi) is 2.42. The van der Waals surface area contributed by atoms with Gasteiger partial charge in [-0.3, -0.25) is 5.32 Å². The fourth-order valence-corrected chi connectivity index (χ4v) is 1.57. The molecule has 0 aliphatic carbocycles. The smallest absolute Gasteiger partial charge is 0.430 e. The van der Waals surface area contributed by atoms with Crippen molar-refractivity contribution < 1.29 is 22.7 Å². The van der Waals surface area contributed by atoms with Crippen LogP contribution in [-0.2, 0) is 4.74 Å². The topological polar surface area (TPSA) is 51.2 Å². The number of alkyl halides is 3. The first-order chi connectivity index (χ1) is 7.39. The number of carbonyl (C=O) groups is 1. The first-order valence-corrected chi connectivity index (χ1v) is 4.46. The van der Waals surface area contributed by atoms with Gasteiger partial charge < -0.3 is 4.74 Å². The Bertz CT molecular complexity index is 449. The van der Waals surface area contributed by atoms with Crippen molar-refractivity contribution in [2.45, 2.75) is 12.3 Å². The lowest BCUT2D eigenvalue weighted by Gasteiger charge is -2.27. The van der Waals surface area contributed by atoms with Crippen LogP contribution in [0.1, 0.15) is 11.7 Å². The Hall–Kier alpha value is -1.50. The lowest BCUT2D eigenvalue weighted by molar-refractivity contribution is -0.206. The van der Waals surface area contributed by atoms with Crippen LogP contribution in [0.15, 0.2) is 12.3 Å². The normalized spacial score (nSPS) is 19.8. The number of rotatable bonds is 0. The predicted octanol–water partition coefficient (Wildman–Crippen LogP) is 2.90. The highest BCUT2D eigenvalue weighted by Crippen LogP contribution is 2.43. The van der Waals surface area contributed by atoms with Gasteiger partial charge in [-0.15, -0.1) is 0 Å². The highest BCUT2D eigenvalue weighted by atomic mass is 35.5. The molecular formula is C8H4ClF3N2O2. The number of nitrogens with one attached hydrogen (secondary N) is 1. The third-order valence-electron chi connectivity index (χ3n) is 1.94. The van der Waals surface area contributed by atoms with Crippen molar-refractivity contribution >= 4 is 23.5 Å². The molecule has 0 fully saturated rings. The van der Waals surface area contributed by atoms with E-state index in [4.69, 9.17) is 11.6 Å². The van der Waals surface area contributed by atoms with Gasteiger partial charge in [0, 0.05) is 6.20 Å². The van der Waals surface area contributed by atoms with Crippen molar-refractivity contribution in [3.05, 3.63) is 22.8 Å². The number of aromatic nitrogens is 1. The van der Waals surface area contributed by atoms with Crippen LogP contribution in [0.5, 0.6) is 0 Å². The monoisotopic (exact) mass is 252 g/mol. The zero-order valence-corrected chi connectivity index (χ0v) is 8.26. The average Bonchev–Trinajstić information content (AvgIpc) is 2.15. The molecule has 1 aliphatic heterocycles. The number of ether oxygens (including phenoxy) is 1. The van der Waals surface area contributed by atoms with Gasteiger partial charge in [-0.1, -0.05) is 11.6 Å². The average molecular weight is 253 g/mol. The second kappa shape index (κ2) is 3.51. The summed E-state index contributed by atoms with van der Waals surface area (Å²) in [5.41, 5.74) is -0.378. The second-order valence-corrected chi connectivity index (χ2v) is 3.41. The summed E-state index contributed by atoms with van der Waals surface area (Å²) < 4.78 is 41.9. The Morgan fingerprint density at radius 2 is 2.19 bits per heavy atom. The summed E-state index contributed by atoms with van der Waals surface area (Å²) in [6.45, 7) is 0. The van der Waals surface area contributed by atoms with E-state index in [0.717, 1.165) is 0 Å². The molecule has 86 valence electrons. The van der Waals surface area contributed by atoms with E-state index in [2.05, 4.69) is 9.72 Å². The van der Waals surface area contributed by atoms with Gasteiger partial charge in [0.2, 0.25) is 6.10 Å². The molecule has 0 radical (unpaired) electrons. The molecule has 16 heavy (non-hydrogen) atoms. The number of carbonyl (C=O) groups excluding carboxylic acids is 1. The van der Waals surface area contributed by atoms with E-state index in [0.29, 0.717) is 0 Å². The quantitative estimate of drug-likeness (QED) is 0.772. The van der Waals surface area contributed by atoms with E-state index in [1.54, 1.807) is 0 Å². The minimum atomic E-state index is -4.72. The number of halogens is 4. The number of hydrogen-bond donors (Lipinski definition) is 1. The molecule has 2 rings (SSSR count). The number of nitrogens with zero attached hydrogens (tertiary/aromatic N) is 1. The van der Waals surface area contributed by atoms with Crippen LogP contribution >= 0.6 is 11.6 Å². The fraction of sp³-hybridized carbons (Fsp3) is 0.250. The number of anilines is 1. The standard InChI is InChI=1S/C8H4ClF3N2O2/c9-3-1-2-13-6-4(3)5(8(10,11)12)16-7(15)14-6/h1-2,5H,(H,13,14,15). The molecule has 1 atom stereocenters. The highest BCUT2D eigenvalue weighted by molar-refractivity contribution is 6.31.